The van der Waals surface area contributed by atoms with E-state index in [1.807, 2.05) is 0 Å². The van der Waals surface area contributed by atoms with Crippen molar-refractivity contribution in [2.24, 2.45) is 0 Å². The van der Waals surface area contributed by atoms with Crippen molar-refractivity contribution in [3.8, 4) is 0 Å². The van der Waals surface area contributed by atoms with E-state index in [0.717, 1.165) is 19.1 Å². The first kappa shape index (κ1) is 9.66. The number of carbonyl (C=O) groups excluding carboxylic acids is 1. The highest BCUT2D eigenvalue weighted by atomic mass is 32.2. The fraction of sp³-hybridized carbons (Fsp3) is 0.143. The monoisotopic (exact) mass is 202 g/mol. The van der Waals surface area contributed by atoms with E-state index >= 15 is 0 Å². The molecule has 1 aliphatic rings. The zero-order valence-electron chi connectivity index (χ0n) is 6.64. The molecule has 5 nitrogen and oxygen atoms in total. The van der Waals surface area contributed by atoms with Crippen molar-refractivity contribution in [3.05, 3.63) is 22.0 Å². The summed E-state index contributed by atoms with van der Waals surface area (Å²) in [6, 6.07) is 0. The van der Waals surface area contributed by atoms with Crippen LogP contribution in [0.4, 0.5) is 0 Å². The lowest BCUT2D eigenvalue weighted by molar-refractivity contribution is -0.131. The van der Waals surface area contributed by atoms with E-state index in [9.17, 15) is 18.0 Å². The van der Waals surface area contributed by atoms with Gasteiger partial charge in [-0.2, -0.15) is 0 Å². The summed E-state index contributed by atoms with van der Waals surface area (Å²) in [7, 11) is -4.05. The van der Waals surface area contributed by atoms with Crippen LogP contribution in [-0.2, 0) is 19.4 Å². The van der Waals surface area contributed by atoms with Crippen LogP contribution in [0.15, 0.2) is 22.0 Å². The second-order valence-corrected chi connectivity index (χ2v) is 4.31. The Bertz CT molecular complexity index is 402. The third kappa shape index (κ3) is 1.40. The average Bonchev–Trinajstić information content (AvgIpc) is 2.24. The summed E-state index contributed by atoms with van der Waals surface area (Å²) >= 11 is 0. The molecule has 0 fully saturated rings. The lowest BCUT2D eigenvalue weighted by Crippen LogP contribution is -2.14. The minimum atomic E-state index is -4.05. The molecule has 0 amide bonds. The van der Waals surface area contributed by atoms with Gasteiger partial charge in [-0.3, -0.25) is 4.79 Å². The fourth-order valence-electron chi connectivity index (χ4n) is 0.942. The second kappa shape index (κ2) is 2.81. The van der Waals surface area contributed by atoms with Crippen molar-refractivity contribution in [2.75, 3.05) is 0 Å². The van der Waals surface area contributed by atoms with Gasteiger partial charge in [0.2, 0.25) is 9.84 Å². The largest absolute Gasteiger partial charge is 0.477 e. The van der Waals surface area contributed by atoms with Crippen molar-refractivity contribution in [1.29, 1.82) is 0 Å². The number of hydrogen-bond donors (Lipinski definition) is 1. The number of carboxylic acid groups (broad SMARTS) is 1. The molecule has 1 N–H and O–H groups in total. The molecule has 1 aliphatic heterocycles. The molecule has 0 atom stereocenters. The Morgan fingerprint density at radius 2 is 1.69 bits per heavy atom. The maximum atomic E-state index is 11.2. The van der Waals surface area contributed by atoms with Crippen molar-refractivity contribution >= 4 is 21.6 Å². The van der Waals surface area contributed by atoms with E-state index in [1.165, 1.54) is 0 Å². The summed E-state index contributed by atoms with van der Waals surface area (Å²) in [5.74, 6) is -2.21. The van der Waals surface area contributed by atoms with Crippen molar-refractivity contribution in [3.63, 3.8) is 0 Å². The normalized spacial score (nSPS) is 19.2. The highest BCUT2D eigenvalue weighted by Gasteiger charge is 2.34. The Balaban J connectivity index is 3.24. The van der Waals surface area contributed by atoms with Gasteiger partial charge in [-0.25, -0.2) is 13.2 Å². The lowest BCUT2D eigenvalue weighted by Gasteiger charge is -1.98. The van der Waals surface area contributed by atoms with Crippen LogP contribution in [-0.4, -0.2) is 25.3 Å². The zero-order chi connectivity index (χ0) is 10.2. The maximum absolute atomic E-state index is 11.2. The Morgan fingerprint density at radius 3 is 1.92 bits per heavy atom. The molecule has 0 spiro atoms. The van der Waals surface area contributed by atoms with Gasteiger partial charge in [-0.15, -0.1) is 0 Å². The molecule has 70 valence electrons. The molecule has 0 radical (unpaired) electrons. The first-order valence-corrected chi connectivity index (χ1v) is 4.77. The van der Waals surface area contributed by atoms with Gasteiger partial charge in [-0.05, 0) is 19.1 Å². The van der Waals surface area contributed by atoms with E-state index in [2.05, 4.69) is 0 Å². The summed E-state index contributed by atoms with van der Waals surface area (Å²) in [5, 5.41) is 8.46. The van der Waals surface area contributed by atoms with Crippen molar-refractivity contribution < 1.29 is 23.1 Å². The number of Topliss-reactive ketones (excluding diaryl/α,β-unsaturated/α-hetero) is 1. The molecule has 0 aromatic rings. The van der Waals surface area contributed by atoms with Gasteiger partial charge in [0, 0.05) is 0 Å². The average molecular weight is 202 g/mol. The number of ketones is 1. The zero-order valence-corrected chi connectivity index (χ0v) is 7.46. The van der Waals surface area contributed by atoms with Gasteiger partial charge in [0.15, 0.2) is 10.7 Å². The number of rotatable bonds is 2. The molecule has 0 saturated carbocycles. The summed E-state index contributed by atoms with van der Waals surface area (Å²) < 4.78 is 22.5. The Kier molecular flexibility index (Phi) is 2.09. The number of carboxylic acids is 1. The molecule has 1 rings (SSSR count). The molecule has 13 heavy (non-hydrogen) atoms. The van der Waals surface area contributed by atoms with Crippen LogP contribution < -0.4 is 0 Å². The standard InChI is InChI=1S/C7H6O5S/c1-4(8)5-2-3-6(7(9)10)13(5,11)12/h2-3H,1H3,(H,9,10). The predicted molar refractivity (Wildman–Crippen MR) is 43.4 cm³/mol. The third-order valence-corrected chi connectivity index (χ3v) is 3.42. The van der Waals surface area contributed by atoms with Crippen LogP contribution in [0.2, 0.25) is 0 Å². The minimum absolute atomic E-state index is 0.468. The van der Waals surface area contributed by atoms with Gasteiger partial charge < -0.3 is 5.11 Å². The van der Waals surface area contributed by atoms with Crippen LogP contribution in [0.3, 0.4) is 0 Å². The first-order valence-electron chi connectivity index (χ1n) is 3.28. The van der Waals surface area contributed by atoms with Crippen LogP contribution in [0.25, 0.3) is 0 Å². The number of aliphatic carboxylic acids is 1. The molecule has 0 unspecified atom stereocenters. The van der Waals surface area contributed by atoms with E-state index < -0.39 is 31.4 Å². The molecule has 1 heterocycles. The summed E-state index contributed by atoms with van der Waals surface area (Å²) in [6.45, 7) is 1.07. The highest BCUT2D eigenvalue weighted by Crippen LogP contribution is 2.24. The summed E-state index contributed by atoms with van der Waals surface area (Å²) in [5.41, 5.74) is 0. The quantitative estimate of drug-likeness (QED) is 0.673. The highest BCUT2D eigenvalue weighted by molar-refractivity contribution is 8.01. The van der Waals surface area contributed by atoms with Gasteiger partial charge in [0.1, 0.15) is 4.91 Å². The second-order valence-electron chi connectivity index (χ2n) is 2.43. The van der Waals surface area contributed by atoms with Crippen molar-refractivity contribution in [2.45, 2.75) is 6.92 Å². The van der Waals surface area contributed by atoms with Gasteiger partial charge >= 0.3 is 5.97 Å². The van der Waals surface area contributed by atoms with Crippen LogP contribution in [0, 0.1) is 0 Å². The Hall–Kier alpha value is -1.43. The van der Waals surface area contributed by atoms with E-state index in [0.29, 0.717) is 0 Å². The predicted octanol–water partition coefficient (Wildman–Crippen LogP) is -0.144. The van der Waals surface area contributed by atoms with Crippen LogP contribution in [0.1, 0.15) is 6.92 Å². The molecule has 0 bridgehead atoms. The molecular formula is C7H6O5S. The first-order chi connectivity index (χ1) is 5.87. The van der Waals surface area contributed by atoms with Crippen molar-refractivity contribution in [1.82, 2.24) is 0 Å². The molecular weight excluding hydrogens is 196 g/mol. The summed E-state index contributed by atoms with van der Waals surface area (Å²) in [6.07, 6.45) is 1.91. The number of allylic oxidation sites excluding steroid dienone is 3. The van der Waals surface area contributed by atoms with E-state index in [-0.39, 0.29) is 0 Å². The third-order valence-electron chi connectivity index (χ3n) is 1.52. The molecule has 0 aliphatic carbocycles. The van der Waals surface area contributed by atoms with Gasteiger partial charge in [0.05, 0.1) is 0 Å². The topological polar surface area (TPSA) is 88.5 Å². The van der Waals surface area contributed by atoms with Gasteiger partial charge in [-0.1, -0.05) is 0 Å². The van der Waals surface area contributed by atoms with E-state index in [4.69, 9.17) is 5.11 Å². The van der Waals surface area contributed by atoms with Crippen LogP contribution >= 0.6 is 0 Å². The molecule has 0 aromatic carbocycles. The SMILES string of the molecule is CC(=O)C1=CC=C(C(=O)O)S1(=O)=O. The van der Waals surface area contributed by atoms with Crippen LogP contribution in [0.5, 0.6) is 0 Å². The smallest absolute Gasteiger partial charge is 0.347 e. The minimum Gasteiger partial charge on any atom is -0.477 e. The number of hydrogen-bond acceptors (Lipinski definition) is 4. The number of carbonyl (C=O) groups is 2. The Morgan fingerprint density at radius 1 is 1.23 bits per heavy atom. The lowest BCUT2D eigenvalue weighted by atomic mass is 10.3. The van der Waals surface area contributed by atoms with E-state index in [1.54, 1.807) is 0 Å². The number of sulfone groups is 1. The maximum Gasteiger partial charge on any atom is 0.347 e. The molecule has 6 heteroatoms. The van der Waals surface area contributed by atoms with Gasteiger partial charge in [0.25, 0.3) is 0 Å². The Labute approximate surface area is 74.3 Å². The molecule has 0 saturated heterocycles. The fourth-order valence-corrected chi connectivity index (χ4v) is 2.28. The summed E-state index contributed by atoms with van der Waals surface area (Å²) in [4.78, 5) is 19.9. The molecule has 0 aromatic heterocycles.